The number of nitrogens with zero attached hydrogens (tertiary/aromatic N) is 5. The molecule has 0 bridgehead atoms. The van der Waals surface area contributed by atoms with Crippen molar-refractivity contribution >= 4 is 29.2 Å². The maximum absolute atomic E-state index is 13.4. The highest BCUT2D eigenvalue weighted by atomic mass is 35.5. The highest BCUT2D eigenvalue weighted by Crippen LogP contribution is 2.25. The number of carbonyl (C=O) groups is 2. The molecule has 3 heterocycles. The van der Waals surface area contributed by atoms with Crippen molar-refractivity contribution in [1.82, 2.24) is 20.0 Å². The first-order chi connectivity index (χ1) is 21.0. The van der Waals surface area contributed by atoms with Gasteiger partial charge in [0, 0.05) is 44.9 Å². The highest BCUT2D eigenvalue weighted by Gasteiger charge is 2.29. The van der Waals surface area contributed by atoms with E-state index in [2.05, 4.69) is 51.5 Å². The van der Waals surface area contributed by atoms with Crippen molar-refractivity contribution in [3.8, 4) is 22.4 Å². The highest BCUT2D eigenvalue weighted by molar-refractivity contribution is 6.33. The van der Waals surface area contributed by atoms with E-state index >= 15 is 0 Å². The van der Waals surface area contributed by atoms with Gasteiger partial charge in [0.15, 0.2) is 5.82 Å². The Balaban J connectivity index is 1.06. The fourth-order valence-corrected chi connectivity index (χ4v) is 5.84. The zero-order valence-electron chi connectivity index (χ0n) is 23.9. The molecule has 2 saturated heterocycles. The van der Waals surface area contributed by atoms with Crippen LogP contribution in [0.4, 0.5) is 5.82 Å². The van der Waals surface area contributed by atoms with Crippen LogP contribution in [0.25, 0.3) is 22.4 Å². The van der Waals surface area contributed by atoms with Gasteiger partial charge in [-0.05, 0) is 48.2 Å². The number of rotatable bonds is 8. The zero-order valence-corrected chi connectivity index (χ0v) is 24.7. The third kappa shape index (κ3) is 6.87. The van der Waals surface area contributed by atoms with Gasteiger partial charge >= 0.3 is 0 Å². The molecule has 220 valence electrons. The lowest BCUT2D eigenvalue weighted by molar-refractivity contribution is -0.132. The van der Waals surface area contributed by atoms with Crippen molar-refractivity contribution in [2.24, 2.45) is 0 Å². The van der Waals surface area contributed by atoms with E-state index in [4.69, 9.17) is 16.3 Å². The molecule has 0 N–H and O–H groups in total. The maximum atomic E-state index is 13.4. The van der Waals surface area contributed by atoms with E-state index < -0.39 is 0 Å². The lowest BCUT2D eigenvalue weighted by Gasteiger charge is -2.36. The van der Waals surface area contributed by atoms with Crippen molar-refractivity contribution in [3.05, 3.63) is 102 Å². The summed E-state index contributed by atoms with van der Waals surface area (Å²) in [4.78, 5) is 32.3. The SMILES string of the molecule is O=C(CN(C[C@H]1CCCO1)C(=O)c1ccccc1Cl)N1CCN(c2ccc(-c3ccc(-c4ccccc4)cc3)nn2)CC1. The number of amides is 2. The first kappa shape index (κ1) is 28.8. The molecule has 4 aromatic rings. The number of hydrogen-bond acceptors (Lipinski definition) is 6. The molecule has 2 aliphatic rings. The van der Waals surface area contributed by atoms with Gasteiger partial charge in [-0.15, -0.1) is 10.2 Å². The molecule has 8 nitrogen and oxygen atoms in total. The second-order valence-corrected chi connectivity index (χ2v) is 11.3. The standard InChI is InChI=1S/C34H34ClN5O3/c35-30-11-5-4-10-29(30)34(42)40(23-28-9-6-22-43-28)24-33(41)39-20-18-38(19-21-39)32-17-16-31(36-37-32)27-14-12-26(13-15-27)25-7-2-1-3-8-25/h1-5,7-8,10-17,28H,6,9,18-24H2/t28-/m1/s1. The van der Waals surface area contributed by atoms with Crippen molar-refractivity contribution in [3.63, 3.8) is 0 Å². The smallest absolute Gasteiger partial charge is 0.255 e. The van der Waals surface area contributed by atoms with Crippen LogP contribution in [0.3, 0.4) is 0 Å². The predicted molar refractivity (Wildman–Crippen MR) is 168 cm³/mol. The summed E-state index contributed by atoms with van der Waals surface area (Å²) in [5.41, 5.74) is 4.55. The van der Waals surface area contributed by atoms with Crippen LogP contribution in [-0.2, 0) is 9.53 Å². The fraction of sp³-hybridized carbons (Fsp3) is 0.294. The minimum atomic E-state index is -0.252. The molecule has 1 aromatic heterocycles. The summed E-state index contributed by atoms with van der Waals surface area (Å²) < 4.78 is 5.78. The third-order valence-electron chi connectivity index (χ3n) is 8.06. The van der Waals surface area contributed by atoms with Gasteiger partial charge in [-0.2, -0.15) is 0 Å². The van der Waals surface area contributed by atoms with Gasteiger partial charge < -0.3 is 19.4 Å². The fourth-order valence-electron chi connectivity index (χ4n) is 5.62. The number of ether oxygens (including phenoxy) is 1. The Labute approximate surface area is 256 Å². The lowest BCUT2D eigenvalue weighted by Crippen LogP contribution is -2.52. The summed E-state index contributed by atoms with van der Waals surface area (Å²) in [6, 6.07) is 29.5. The van der Waals surface area contributed by atoms with Gasteiger partial charge in [0.2, 0.25) is 5.91 Å². The number of anilines is 1. The van der Waals surface area contributed by atoms with Crippen LogP contribution in [0.2, 0.25) is 5.02 Å². The van der Waals surface area contributed by atoms with Crippen LogP contribution in [0.1, 0.15) is 23.2 Å². The molecule has 43 heavy (non-hydrogen) atoms. The van der Waals surface area contributed by atoms with Crippen LogP contribution in [0.5, 0.6) is 0 Å². The number of halogens is 1. The van der Waals surface area contributed by atoms with E-state index in [1.54, 1.807) is 29.2 Å². The van der Waals surface area contributed by atoms with E-state index in [0.717, 1.165) is 35.5 Å². The van der Waals surface area contributed by atoms with Crippen LogP contribution < -0.4 is 4.90 Å². The first-order valence-corrected chi connectivity index (χ1v) is 15.1. The molecule has 2 aliphatic heterocycles. The molecule has 0 radical (unpaired) electrons. The van der Waals surface area contributed by atoms with Crippen LogP contribution in [0, 0.1) is 0 Å². The molecular weight excluding hydrogens is 562 g/mol. The molecule has 2 amide bonds. The molecular formula is C34H34ClN5O3. The summed E-state index contributed by atoms with van der Waals surface area (Å²) in [7, 11) is 0. The van der Waals surface area contributed by atoms with Gasteiger partial charge in [0.1, 0.15) is 6.54 Å². The molecule has 0 spiro atoms. The number of aromatic nitrogens is 2. The van der Waals surface area contributed by atoms with Gasteiger partial charge in [0.05, 0.1) is 22.4 Å². The average Bonchev–Trinajstić information content (AvgIpc) is 3.58. The number of hydrogen-bond donors (Lipinski definition) is 0. The maximum Gasteiger partial charge on any atom is 0.255 e. The minimum Gasteiger partial charge on any atom is -0.376 e. The molecule has 3 aromatic carbocycles. The van der Waals surface area contributed by atoms with E-state index in [1.165, 1.54) is 5.56 Å². The number of carbonyl (C=O) groups excluding carboxylic acids is 2. The van der Waals surface area contributed by atoms with Gasteiger partial charge in [-0.3, -0.25) is 9.59 Å². The predicted octanol–water partition coefficient (Wildman–Crippen LogP) is 5.43. The van der Waals surface area contributed by atoms with Crippen molar-refractivity contribution < 1.29 is 14.3 Å². The number of piperazine rings is 1. The third-order valence-corrected chi connectivity index (χ3v) is 8.39. The van der Waals surface area contributed by atoms with E-state index in [1.807, 2.05) is 35.2 Å². The molecule has 0 saturated carbocycles. The largest absolute Gasteiger partial charge is 0.376 e. The van der Waals surface area contributed by atoms with Crippen molar-refractivity contribution in [2.45, 2.75) is 18.9 Å². The van der Waals surface area contributed by atoms with Crippen LogP contribution >= 0.6 is 11.6 Å². The molecule has 0 unspecified atom stereocenters. The van der Waals surface area contributed by atoms with Crippen molar-refractivity contribution in [2.75, 3.05) is 50.8 Å². The summed E-state index contributed by atoms with van der Waals surface area (Å²) in [6.07, 6.45) is 1.76. The second kappa shape index (κ2) is 13.4. The Morgan fingerprint density at radius 1 is 0.814 bits per heavy atom. The van der Waals surface area contributed by atoms with Crippen LogP contribution in [-0.4, -0.2) is 83.8 Å². The summed E-state index contributed by atoms with van der Waals surface area (Å²) in [6.45, 7) is 3.38. The van der Waals surface area contributed by atoms with Gasteiger partial charge in [0.25, 0.3) is 5.91 Å². The summed E-state index contributed by atoms with van der Waals surface area (Å²) in [5, 5.41) is 9.36. The average molecular weight is 596 g/mol. The Morgan fingerprint density at radius 3 is 2.19 bits per heavy atom. The molecule has 1 atom stereocenters. The molecule has 9 heteroatoms. The normalized spacial score (nSPS) is 16.7. The Kier molecular flexibility index (Phi) is 8.96. The Hall–Kier alpha value is -4.27. The van der Waals surface area contributed by atoms with E-state index in [0.29, 0.717) is 49.9 Å². The minimum absolute atomic E-state index is 0.0124. The zero-order chi connectivity index (χ0) is 29.6. The van der Waals surface area contributed by atoms with Gasteiger partial charge in [-0.1, -0.05) is 78.3 Å². The Bertz CT molecular complexity index is 1530. The second-order valence-electron chi connectivity index (χ2n) is 10.9. The molecule has 0 aliphatic carbocycles. The van der Waals surface area contributed by atoms with Gasteiger partial charge in [-0.25, -0.2) is 0 Å². The quantitative estimate of drug-likeness (QED) is 0.270. The van der Waals surface area contributed by atoms with Crippen LogP contribution in [0.15, 0.2) is 91.0 Å². The molecule has 6 rings (SSSR count). The monoisotopic (exact) mass is 595 g/mol. The topological polar surface area (TPSA) is 78.9 Å². The van der Waals surface area contributed by atoms with E-state index in [9.17, 15) is 9.59 Å². The van der Waals surface area contributed by atoms with Crippen molar-refractivity contribution in [1.29, 1.82) is 0 Å². The Morgan fingerprint density at radius 2 is 1.51 bits per heavy atom. The molecule has 2 fully saturated rings. The number of benzene rings is 3. The first-order valence-electron chi connectivity index (χ1n) is 14.7. The lowest BCUT2D eigenvalue weighted by atomic mass is 10.0. The van der Waals surface area contributed by atoms with E-state index in [-0.39, 0.29) is 24.5 Å². The summed E-state index contributed by atoms with van der Waals surface area (Å²) >= 11 is 6.32. The summed E-state index contributed by atoms with van der Waals surface area (Å²) in [5.74, 6) is 0.447.